The summed E-state index contributed by atoms with van der Waals surface area (Å²) in [5.74, 6) is -1.21. The number of halogens is 1. The molecular formula is C14H10ClNO3. The van der Waals surface area contributed by atoms with Gasteiger partial charge >= 0.3 is 5.97 Å². The van der Waals surface area contributed by atoms with Crippen LogP contribution in [0.1, 0.15) is 20.7 Å². The van der Waals surface area contributed by atoms with Gasteiger partial charge in [0.05, 0.1) is 16.1 Å². The van der Waals surface area contributed by atoms with Gasteiger partial charge in [-0.05, 0) is 24.3 Å². The van der Waals surface area contributed by atoms with Crippen LogP contribution >= 0.6 is 11.6 Å². The van der Waals surface area contributed by atoms with Gasteiger partial charge in [-0.2, -0.15) is 5.48 Å². The highest BCUT2D eigenvalue weighted by atomic mass is 35.5. The van der Waals surface area contributed by atoms with Crippen LogP contribution in [0, 0.1) is 0 Å². The van der Waals surface area contributed by atoms with E-state index in [4.69, 9.17) is 16.4 Å². The molecule has 0 unspecified atom stereocenters. The summed E-state index contributed by atoms with van der Waals surface area (Å²) >= 11 is 5.85. The molecule has 19 heavy (non-hydrogen) atoms. The Labute approximate surface area is 114 Å². The fourth-order valence-corrected chi connectivity index (χ4v) is 1.65. The highest BCUT2D eigenvalue weighted by Gasteiger charge is 2.12. The lowest BCUT2D eigenvalue weighted by Crippen LogP contribution is -2.27. The summed E-state index contributed by atoms with van der Waals surface area (Å²) in [4.78, 5) is 28.0. The Hall–Kier alpha value is -2.33. The van der Waals surface area contributed by atoms with Crippen LogP contribution < -0.4 is 5.48 Å². The van der Waals surface area contributed by atoms with Crippen LogP contribution in [0.15, 0.2) is 54.6 Å². The van der Waals surface area contributed by atoms with Gasteiger partial charge in [0.2, 0.25) is 0 Å². The second kappa shape index (κ2) is 6.02. The molecule has 1 N–H and O–H groups in total. The van der Waals surface area contributed by atoms with E-state index in [0.29, 0.717) is 5.56 Å². The molecule has 2 aromatic carbocycles. The van der Waals surface area contributed by atoms with Gasteiger partial charge in [0.15, 0.2) is 0 Å². The lowest BCUT2D eigenvalue weighted by atomic mass is 10.2. The molecule has 2 aromatic rings. The summed E-state index contributed by atoms with van der Waals surface area (Å²) in [5.41, 5.74) is 2.65. The number of nitrogens with one attached hydrogen (secondary N) is 1. The number of benzene rings is 2. The van der Waals surface area contributed by atoms with Gasteiger partial charge in [-0.1, -0.05) is 41.9 Å². The number of carbonyl (C=O) groups is 2. The van der Waals surface area contributed by atoms with E-state index in [1.807, 2.05) is 0 Å². The van der Waals surface area contributed by atoms with Crippen LogP contribution in [0.5, 0.6) is 0 Å². The molecule has 4 nitrogen and oxygen atoms in total. The smallest absolute Gasteiger partial charge is 0.335 e. The Bertz CT molecular complexity index is 599. The van der Waals surface area contributed by atoms with Gasteiger partial charge in [0.25, 0.3) is 5.91 Å². The van der Waals surface area contributed by atoms with Crippen LogP contribution in [0.2, 0.25) is 5.02 Å². The van der Waals surface area contributed by atoms with E-state index >= 15 is 0 Å². The number of rotatable bonds is 2. The standard InChI is InChI=1S/C14H10ClNO3/c15-12-9-5-4-8-11(12)13(17)16-19-14(18)10-6-2-1-3-7-10/h1-9H,(H,16,17). The molecular weight excluding hydrogens is 266 g/mol. The Morgan fingerprint density at radius 3 is 2.26 bits per heavy atom. The quantitative estimate of drug-likeness (QED) is 0.858. The molecule has 0 atom stereocenters. The van der Waals surface area contributed by atoms with Crippen molar-refractivity contribution in [3.05, 3.63) is 70.7 Å². The van der Waals surface area contributed by atoms with Crippen LogP contribution in [0.25, 0.3) is 0 Å². The normalized spacial score (nSPS) is 9.74. The molecule has 0 heterocycles. The maximum Gasteiger partial charge on any atom is 0.362 e. The lowest BCUT2D eigenvalue weighted by molar-refractivity contribution is 0.0230. The highest BCUT2D eigenvalue weighted by molar-refractivity contribution is 6.33. The molecule has 0 saturated heterocycles. The first-order chi connectivity index (χ1) is 9.18. The number of amides is 1. The zero-order valence-electron chi connectivity index (χ0n) is 9.80. The van der Waals surface area contributed by atoms with Gasteiger partial charge in [0.1, 0.15) is 0 Å². The minimum absolute atomic E-state index is 0.241. The second-order valence-corrected chi connectivity index (χ2v) is 4.07. The summed E-state index contributed by atoms with van der Waals surface area (Å²) in [5, 5.41) is 0.288. The first-order valence-corrected chi connectivity index (χ1v) is 5.87. The zero-order chi connectivity index (χ0) is 13.7. The molecule has 0 saturated carbocycles. The first kappa shape index (κ1) is 13.1. The molecule has 0 aliphatic carbocycles. The van der Waals surface area contributed by atoms with E-state index in [9.17, 15) is 9.59 Å². The van der Waals surface area contributed by atoms with Crippen molar-refractivity contribution in [2.75, 3.05) is 0 Å². The SMILES string of the molecule is O=C(ONC(=O)c1ccccc1Cl)c1ccccc1. The fraction of sp³-hybridized carbons (Fsp3) is 0. The molecule has 1 amide bonds. The van der Waals surface area contributed by atoms with Crippen molar-refractivity contribution in [1.29, 1.82) is 0 Å². The molecule has 0 bridgehead atoms. The lowest BCUT2D eigenvalue weighted by Gasteiger charge is -2.06. The summed E-state index contributed by atoms with van der Waals surface area (Å²) in [7, 11) is 0. The minimum atomic E-state index is -0.638. The molecule has 96 valence electrons. The Morgan fingerprint density at radius 1 is 0.947 bits per heavy atom. The molecule has 0 radical (unpaired) electrons. The van der Waals surface area contributed by atoms with Crippen molar-refractivity contribution in [1.82, 2.24) is 5.48 Å². The van der Waals surface area contributed by atoms with E-state index in [-0.39, 0.29) is 10.6 Å². The highest BCUT2D eigenvalue weighted by Crippen LogP contribution is 2.14. The minimum Gasteiger partial charge on any atom is -0.335 e. The molecule has 0 spiro atoms. The van der Waals surface area contributed by atoms with E-state index < -0.39 is 11.9 Å². The van der Waals surface area contributed by atoms with Crippen molar-refractivity contribution in [3.8, 4) is 0 Å². The van der Waals surface area contributed by atoms with Crippen LogP contribution in [0.4, 0.5) is 0 Å². The fourth-order valence-electron chi connectivity index (χ4n) is 1.43. The van der Waals surface area contributed by atoms with E-state index in [1.165, 1.54) is 6.07 Å². The van der Waals surface area contributed by atoms with Crippen molar-refractivity contribution in [2.24, 2.45) is 0 Å². The zero-order valence-corrected chi connectivity index (χ0v) is 10.6. The van der Waals surface area contributed by atoms with Gasteiger partial charge in [-0.25, -0.2) is 4.79 Å². The predicted molar refractivity (Wildman–Crippen MR) is 70.8 cm³/mol. The summed E-state index contributed by atoms with van der Waals surface area (Å²) in [6.07, 6.45) is 0. The third-order valence-corrected chi connectivity index (χ3v) is 2.69. The maximum atomic E-state index is 11.7. The van der Waals surface area contributed by atoms with Crippen molar-refractivity contribution < 1.29 is 14.4 Å². The average Bonchev–Trinajstić information content (AvgIpc) is 2.46. The Balaban J connectivity index is 1.98. The van der Waals surface area contributed by atoms with E-state index in [0.717, 1.165) is 0 Å². The van der Waals surface area contributed by atoms with Crippen LogP contribution in [0.3, 0.4) is 0 Å². The Kier molecular flexibility index (Phi) is 4.15. The number of carbonyl (C=O) groups excluding carboxylic acids is 2. The third-order valence-electron chi connectivity index (χ3n) is 2.36. The van der Waals surface area contributed by atoms with Crippen molar-refractivity contribution in [3.63, 3.8) is 0 Å². The van der Waals surface area contributed by atoms with Gasteiger partial charge in [-0.3, -0.25) is 4.79 Å². The van der Waals surface area contributed by atoms with Gasteiger partial charge in [-0.15, -0.1) is 0 Å². The van der Waals surface area contributed by atoms with Crippen molar-refractivity contribution in [2.45, 2.75) is 0 Å². The molecule has 0 fully saturated rings. The molecule has 0 aliphatic heterocycles. The van der Waals surface area contributed by atoms with Crippen LogP contribution in [-0.2, 0) is 4.84 Å². The third kappa shape index (κ3) is 3.33. The molecule has 2 rings (SSSR count). The summed E-state index contributed by atoms with van der Waals surface area (Å²) in [6.45, 7) is 0. The number of hydrogen-bond acceptors (Lipinski definition) is 3. The maximum absolute atomic E-state index is 11.7. The molecule has 0 aromatic heterocycles. The topological polar surface area (TPSA) is 55.4 Å². The van der Waals surface area contributed by atoms with Gasteiger partial charge in [0, 0.05) is 0 Å². The number of hydrogen-bond donors (Lipinski definition) is 1. The van der Waals surface area contributed by atoms with E-state index in [1.54, 1.807) is 48.5 Å². The van der Waals surface area contributed by atoms with Crippen molar-refractivity contribution >= 4 is 23.5 Å². The summed E-state index contributed by atoms with van der Waals surface area (Å²) < 4.78 is 0. The predicted octanol–water partition coefficient (Wildman–Crippen LogP) is 2.84. The average molecular weight is 276 g/mol. The Morgan fingerprint density at radius 2 is 1.58 bits per heavy atom. The molecule has 0 aliphatic rings. The number of hydroxylamine groups is 1. The summed E-state index contributed by atoms with van der Waals surface area (Å²) in [6, 6.07) is 14.8. The van der Waals surface area contributed by atoms with E-state index in [2.05, 4.69) is 5.48 Å². The molecule has 5 heteroatoms. The largest absolute Gasteiger partial charge is 0.362 e. The first-order valence-electron chi connectivity index (χ1n) is 5.49. The van der Waals surface area contributed by atoms with Gasteiger partial charge < -0.3 is 4.84 Å². The van der Waals surface area contributed by atoms with Crippen LogP contribution in [-0.4, -0.2) is 11.9 Å². The monoisotopic (exact) mass is 275 g/mol. The second-order valence-electron chi connectivity index (χ2n) is 3.67.